The van der Waals surface area contributed by atoms with Gasteiger partial charge in [-0.25, -0.2) is 0 Å². The van der Waals surface area contributed by atoms with Crippen molar-refractivity contribution in [2.45, 2.75) is 25.4 Å². The van der Waals surface area contributed by atoms with Crippen LogP contribution in [0.25, 0.3) is 0 Å². The Bertz CT molecular complexity index is 483. The first kappa shape index (κ1) is 13.7. The second-order valence-electron chi connectivity index (χ2n) is 4.49. The van der Waals surface area contributed by atoms with Crippen molar-refractivity contribution in [3.63, 3.8) is 0 Å². The Kier molecular flexibility index (Phi) is 5.06. The molecule has 0 radical (unpaired) electrons. The molecule has 1 atom stereocenters. The summed E-state index contributed by atoms with van der Waals surface area (Å²) in [6.07, 6.45) is 3.41. The summed E-state index contributed by atoms with van der Waals surface area (Å²) in [5, 5.41) is 8.08. The molecule has 2 rings (SSSR count). The Balaban J connectivity index is 1.90. The van der Waals surface area contributed by atoms with Crippen molar-refractivity contribution in [1.29, 1.82) is 0 Å². The fourth-order valence-electron chi connectivity index (χ4n) is 2.00. The zero-order chi connectivity index (χ0) is 13.5. The van der Waals surface area contributed by atoms with Crippen molar-refractivity contribution < 1.29 is 4.74 Å². The molecule has 0 aliphatic carbocycles. The number of methoxy groups -OCH3 is 1. The van der Waals surface area contributed by atoms with Crippen molar-refractivity contribution in [2.24, 2.45) is 5.73 Å². The third kappa shape index (κ3) is 3.87. The minimum Gasteiger partial charge on any atom is -0.383 e. The molecule has 1 aromatic heterocycles. The summed E-state index contributed by atoms with van der Waals surface area (Å²) in [5.74, 6) is 0.962. The van der Waals surface area contributed by atoms with Crippen LogP contribution in [-0.2, 0) is 17.7 Å². The molecular weight excluding hydrogens is 240 g/mol. The fraction of sp³-hybridized carbons (Fsp3) is 0.429. The molecule has 5 nitrogen and oxygen atoms in total. The van der Waals surface area contributed by atoms with Gasteiger partial charge in [-0.1, -0.05) is 30.3 Å². The van der Waals surface area contributed by atoms with Crippen LogP contribution < -0.4 is 5.73 Å². The number of nitrogens with two attached hydrogens (primary N) is 1. The largest absolute Gasteiger partial charge is 0.383 e. The molecule has 0 spiro atoms. The highest BCUT2D eigenvalue weighted by Crippen LogP contribution is 2.15. The molecule has 2 aromatic rings. The van der Waals surface area contributed by atoms with Gasteiger partial charge in [0.15, 0.2) is 0 Å². The SMILES string of the molecule is COCCn1cnnc1CCC(N)c1ccccc1. The van der Waals surface area contributed by atoms with E-state index < -0.39 is 0 Å². The minimum absolute atomic E-state index is 0.0359. The van der Waals surface area contributed by atoms with Crippen molar-refractivity contribution in [2.75, 3.05) is 13.7 Å². The Hall–Kier alpha value is -1.72. The van der Waals surface area contributed by atoms with Gasteiger partial charge in [0.2, 0.25) is 0 Å². The molecular formula is C14H20N4O. The van der Waals surface area contributed by atoms with Crippen LogP contribution in [0.15, 0.2) is 36.7 Å². The average Bonchev–Trinajstić information content (AvgIpc) is 2.91. The van der Waals surface area contributed by atoms with E-state index in [-0.39, 0.29) is 6.04 Å². The van der Waals surface area contributed by atoms with E-state index in [9.17, 15) is 0 Å². The van der Waals surface area contributed by atoms with E-state index in [0.29, 0.717) is 6.61 Å². The molecule has 0 aliphatic rings. The van der Waals surface area contributed by atoms with Gasteiger partial charge >= 0.3 is 0 Å². The molecule has 0 aliphatic heterocycles. The number of benzene rings is 1. The van der Waals surface area contributed by atoms with Crippen LogP contribution in [0.4, 0.5) is 0 Å². The minimum atomic E-state index is 0.0359. The molecule has 0 fully saturated rings. The standard InChI is InChI=1S/C14H20N4O/c1-19-10-9-18-11-16-17-14(18)8-7-13(15)12-5-3-2-4-6-12/h2-6,11,13H,7-10,15H2,1H3. The Morgan fingerprint density at radius 2 is 2.11 bits per heavy atom. The summed E-state index contributed by atoms with van der Waals surface area (Å²) in [7, 11) is 1.69. The maximum atomic E-state index is 6.18. The maximum absolute atomic E-state index is 6.18. The second-order valence-corrected chi connectivity index (χ2v) is 4.49. The predicted octanol–water partition coefficient (Wildman–Crippen LogP) is 1.56. The topological polar surface area (TPSA) is 66.0 Å². The number of rotatable bonds is 7. The number of nitrogens with zero attached hydrogens (tertiary/aromatic N) is 3. The van der Waals surface area contributed by atoms with Gasteiger partial charge in [0.25, 0.3) is 0 Å². The predicted molar refractivity (Wildman–Crippen MR) is 73.6 cm³/mol. The van der Waals surface area contributed by atoms with Crippen LogP contribution in [0.3, 0.4) is 0 Å². The van der Waals surface area contributed by atoms with Gasteiger partial charge in [-0.05, 0) is 12.0 Å². The molecule has 19 heavy (non-hydrogen) atoms. The van der Waals surface area contributed by atoms with Gasteiger partial charge in [0.1, 0.15) is 12.2 Å². The molecule has 0 bridgehead atoms. The average molecular weight is 260 g/mol. The number of hydrogen-bond donors (Lipinski definition) is 1. The van der Waals surface area contributed by atoms with Gasteiger partial charge in [0, 0.05) is 26.1 Å². The van der Waals surface area contributed by atoms with E-state index in [1.54, 1.807) is 13.4 Å². The molecule has 2 N–H and O–H groups in total. The zero-order valence-corrected chi connectivity index (χ0v) is 11.2. The molecule has 1 aromatic carbocycles. The van der Waals surface area contributed by atoms with Crippen LogP contribution in [0.1, 0.15) is 23.9 Å². The van der Waals surface area contributed by atoms with Gasteiger partial charge in [0.05, 0.1) is 6.61 Å². The van der Waals surface area contributed by atoms with Gasteiger partial charge in [-0.3, -0.25) is 0 Å². The lowest BCUT2D eigenvalue weighted by Crippen LogP contribution is -2.14. The second kappa shape index (κ2) is 7.01. The molecule has 0 saturated carbocycles. The van der Waals surface area contributed by atoms with Crippen LogP contribution >= 0.6 is 0 Å². The zero-order valence-electron chi connectivity index (χ0n) is 11.2. The summed E-state index contributed by atoms with van der Waals surface area (Å²) in [4.78, 5) is 0. The first-order chi connectivity index (χ1) is 9.31. The summed E-state index contributed by atoms with van der Waals surface area (Å²) < 4.78 is 7.08. The molecule has 0 saturated heterocycles. The lowest BCUT2D eigenvalue weighted by atomic mass is 10.0. The normalized spacial score (nSPS) is 12.5. The summed E-state index contributed by atoms with van der Waals surface area (Å²) in [6, 6.07) is 10.2. The molecule has 1 unspecified atom stereocenters. The van der Waals surface area contributed by atoms with Gasteiger partial charge in [-0.15, -0.1) is 10.2 Å². The quantitative estimate of drug-likeness (QED) is 0.820. The van der Waals surface area contributed by atoms with Crippen LogP contribution in [0.2, 0.25) is 0 Å². The van der Waals surface area contributed by atoms with Crippen molar-refractivity contribution in [3.8, 4) is 0 Å². The molecule has 102 valence electrons. The highest BCUT2D eigenvalue weighted by Gasteiger charge is 2.09. The first-order valence-electron chi connectivity index (χ1n) is 6.47. The number of aryl methyl sites for hydroxylation is 1. The van der Waals surface area contributed by atoms with Crippen LogP contribution in [0, 0.1) is 0 Å². The van der Waals surface area contributed by atoms with Crippen molar-refractivity contribution >= 4 is 0 Å². The van der Waals surface area contributed by atoms with Crippen LogP contribution in [-0.4, -0.2) is 28.5 Å². The smallest absolute Gasteiger partial charge is 0.132 e. The highest BCUT2D eigenvalue weighted by molar-refractivity contribution is 5.18. The van der Waals surface area contributed by atoms with E-state index in [1.165, 1.54) is 0 Å². The highest BCUT2D eigenvalue weighted by atomic mass is 16.5. The lowest BCUT2D eigenvalue weighted by molar-refractivity contribution is 0.186. The first-order valence-corrected chi connectivity index (χ1v) is 6.47. The molecule has 0 amide bonds. The van der Waals surface area contributed by atoms with Gasteiger partial charge < -0.3 is 15.0 Å². The fourth-order valence-corrected chi connectivity index (χ4v) is 2.00. The van der Waals surface area contributed by atoms with Crippen LogP contribution in [0.5, 0.6) is 0 Å². The Labute approximate surface area is 113 Å². The summed E-state index contributed by atoms with van der Waals surface area (Å²) in [5.41, 5.74) is 7.34. The van der Waals surface area contributed by atoms with Gasteiger partial charge in [-0.2, -0.15) is 0 Å². The number of hydrogen-bond acceptors (Lipinski definition) is 4. The van der Waals surface area contributed by atoms with Crippen molar-refractivity contribution in [3.05, 3.63) is 48.0 Å². The monoisotopic (exact) mass is 260 g/mol. The molecule has 5 heteroatoms. The number of aromatic nitrogens is 3. The summed E-state index contributed by atoms with van der Waals surface area (Å²) >= 11 is 0. The van der Waals surface area contributed by atoms with Crippen molar-refractivity contribution in [1.82, 2.24) is 14.8 Å². The third-order valence-corrected chi connectivity index (χ3v) is 3.14. The number of ether oxygens (including phenoxy) is 1. The third-order valence-electron chi connectivity index (χ3n) is 3.14. The van der Waals surface area contributed by atoms with E-state index in [4.69, 9.17) is 10.5 Å². The Morgan fingerprint density at radius 3 is 2.84 bits per heavy atom. The molecule has 1 heterocycles. The Morgan fingerprint density at radius 1 is 1.32 bits per heavy atom. The van der Waals surface area contributed by atoms with E-state index >= 15 is 0 Å². The van der Waals surface area contributed by atoms with E-state index in [0.717, 1.165) is 30.8 Å². The summed E-state index contributed by atoms with van der Waals surface area (Å²) in [6.45, 7) is 1.44. The van der Waals surface area contributed by atoms with E-state index in [2.05, 4.69) is 22.3 Å². The maximum Gasteiger partial charge on any atom is 0.132 e. The van der Waals surface area contributed by atoms with E-state index in [1.807, 2.05) is 22.8 Å². The lowest BCUT2D eigenvalue weighted by Gasteiger charge is -2.12.